The van der Waals surface area contributed by atoms with E-state index in [9.17, 15) is 4.79 Å². The first-order valence-corrected chi connectivity index (χ1v) is 7.01. The van der Waals surface area contributed by atoms with Crippen LogP contribution >= 0.6 is 0 Å². The van der Waals surface area contributed by atoms with Crippen LogP contribution in [-0.4, -0.2) is 28.9 Å². The highest BCUT2D eigenvalue weighted by Gasteiger charge is 2.22. The Morgan fingerprint density at radius 2 is 2.33 bits per heavy atom. The molecule has 0 saturated carbocycles. The summed E-state index contributed by atoms with van der Waals surface area (Å²) in [6, 6.07) is 7.34. The van der Waals surface area contributed by atoms with Gasteiger partial charge in [-0.05, 0) is 19.1 Å². The lowest BCUT2D eigenvalue weighted by Crippen LogP contribution is -2.18. The van der Waals surface area contributed by atoms with E-state index in [-0.39, 0.29) is 5.91 Å². The fourth-order valence-electron chi connectivity index (χ4n) is 2.27. The largest absolute Gasteiger partial charge is 0.492 e. The number of hydrogen-bond acceptors (Lipinski definition) is 4. The van der Waals surface area contributed by atoms with E-state index in [1.54, 1.807) is 16.9 Å². The van der Waals surface area contributed by atoms with Crippen LogP contribution < -0.4 is 14.8 Å². The number of fused-ring (bicyclic) bond motifs is 1. The minimum Gasteiger partial charge on any atom is -0.492 e. The van der Waals surface area contributed by atoms with Gasteiger partial charge in [-0.25, -0.2) is 4.68 Å². The summed E-state index contributed by atoms with van der Waals surface area (Å²) in [6.07, 6.45) is 2.45. The van der Waals surface area contributed by atoms with E-state index in [1.807, 2.05) is 25.1 Å². The molecule has 21 heavy (non-hydrogen) atoms. The van der Waals surface area contributed by atoms with Gasteiger partial charge in [-0.1, -0.05) is 12.1 Å². The molecule has 110 valence electrons. The van der Waals surface area contributed by atoms with Crippen molar-refractivity contribution in [1.82, 2.24) is 9.78 Å². The molecule has 0 bridgehead atoms. The first-order valence-electron chi connectivity index (χ1n) is 7.01. The summed E-state index contributed by atoms with van der Waals surface area (Å²) in [6.45, 7) is 3.83. The van der Waals surface area contributed by atoms with Gasteiger partial charge in [0.15, 0.2) is 0 Å². The predicted molar refractivity (Wildman–Crippen MR) is 77.9 cm³/mol. The Kier molecular flexibility index (Phi) is 3.77. The van der Waals surface area contributed by atoms with Gasteiger partial charge in [-0.2, -0.15) is 5.10 Å². The fourth-order valence-corrected chi connectivity index (χ4v) is 2.27. The molecule has 1 aliphatic rings. The standard InChI is InChI=1S/C15H17N3O3/c1-2-20-13-7-4-3-6-12(13)17-14(19)11-10-16-18-8-5-9-21-15(11)18/h3-4,6-7,10H,2,5,8-9H2,1H3,(H,17,19). The normalized spacial score (nSPS) is 13.2. The van der Waals surface area contributed by atoms with E-state index >= 15 is 0 Å². The average molecular weight is 287 g/mol. The van der Waals surface area contributed by atoms with Crippen LogP contribution in [-0.2, 0) is 6.54 Å². The van der Waals surface area contributed by atoms with Gasteiger partial charge in [-0.3, -0.25) is 4.79 Å². The predicted octanol–water partition coefficient (Wildman–Crippen LogP) is 2.32. The van der Waals surface area contributed by atoms with Crippen molar-refractivity contribution in [2.75, 3.05) is 18.5 Å². The number of nitrogens with one attached hydrogen (secondary N) is 1. The fraction of sp³-hybridized carbons (Fsp3) is 0.333. The van der Waals surface area contributed by atoms with Crippen LogP contribution in [0.15, 0.2) is 30.5 Å². The number of aryl methyl sites for hydroxylation is 1. The van der Waals surface area contributed by atoms with Gasteiger partial charge in [0.2, 0.25) is 5.88 Å². The molecule has 0 atom stereocenters. The highest BCUT2D eigenvalue weighted by atomic mass is 16.5. The van der Waals surface area contributed by atoms with Crippen molar-refractivity contribution in [3.05, 3.63) is 36.0 Å². The van der Waals surface area contributed by atoms with Gasteiger partial charge in [-0.15, -0.1) is 0 Å². The van der Waals surface area contributed by atoms with Crippen LogP contribution in [0.2, 0.25) is 0 Å². The zero-order valence-electron chi connectivity index (χ0n) is 11.8. The van der Waals surface area contributed by atoms with Crippen LogP contribution in [0.4, 0.5) is 5.69 Å². The lowest BCUT2D eigenvalue weighted by Gasteiger charge is -2.16. The number of anilines is 1. The Morgan fingerprint density at radius 3 is 3.19 bits per heavy atom. The number of nitrogens with zero attached hydrogens (tertiary/aromatic N) is 2. The number of carbonyl (C=O) groups is 1. The van der Waals surface area contributed by atoms with Gasteiger partial charge >= 0.3 is 0 Å². The molecule has 1 aliphatic heterocycles. The Bertz CT molecular complexity index is 651. The molecule has 0 saturated heterocycles. The molecule has 1 aromatic heterocycles. The van der Waals surface area contributed by atoms with Crippen molar-refractivity contribution in [3.8, 4) is 11.6 Å². The lowest BCUT2D eigenvalue weighted by atomic mass is 10.2. The molecule has 0 fully saturated rings. The highest BCUT2D eigenvalue weighted by Crippen LogP contribution is 2.27. The van der Waals surface area contributed by atoms with E-state index in [0.29, 0.717) is 36.1 Å². The number of hydrogen-bond donors (Lipinski definition) is 1. The Morgan fingerprint density at radius 1 is 1.48 bits per heavy atom. The number of rotatable bonds is 4. The number of benzene rings is 1. The van der Waals surface area contributed by atoms with E-state index in [4.69, 9.17) is 9.47 Å². The maximum Gasteiger partial charge on any atom is 0.262 e. The monoisotopic (exact) mass is 287 g/mol. The molecule has 6 heteroatoms. The third-order valence-electron chi connectivity index (χ3n) is 3.22. The number of para-hydroxylation sites is 2. The van der Waals surface area contributed by atoms with Crippen LogP contribution in [0.25, 0.3) is 0 Å². The van der Waals surface area contributed by atoms with Gasteiger partial charge in [0.1, 0.15) is 11.3 Å². The zero-order valence-corrected chi connectivity index (χ0v) is 11.8. The van der Waals surface area contributed by atoms with Crippen molar-refractivity contribution in [3.63, 3.8) is 0 Å². The molecule has 1 aromatic carbocycles. The molecule has 1 amide bonds. The molecule has 0 radical (unpaired) electrons. The molecular weight excluding hydrogens is 270 g/mol. The van der Waals surface area contributed by atoms with Crippen molar-refractivity contribution >= 4 is 11.6 Å². The van der Waals surface area contributed by atoms with Crippen molar-refractivity contribution < 1.29 is 14.3 Å². The minimum absolute atomic E-state index is 0.245. The summed E-state index contributed by atoms with van der Waals surface area (Å²) in [5.74, 6) is 0.938. The summed E-state index contributed by atoms with van der Waals surface area (Å²) in [5.41, 5.74) is 1.08. The molecule has 0 unspecified atom stereocenters. The molecule has 3 rings (SSSR count). The number of carbonyl (C=O) groups excluding carboxylic acids is 1. The molecule has 1 N–H and O–H groups in total. The van der Waals surface area contributed by atoms with E-state index in [1.165, 1.54) is 0 Å². The summed E-state index contributed by atoms with van der Waals surface area (Å²) in [7, 11) is 0. The molecular formula is C15H17N3O3. The van der Waals surface area contributed by atoms with Crippen LogP contribution in [0.5, 0.6) is 11.6 Å². The van der Waals surface area contributed by atoms with E-state index < -0.39 is 0 Å². The topological polar surface area (TPSA) is 65.4 Å². The average Bonchev–Trinajstić information content (AvgIpc) is 2.93. The Balaban J connectivity index is 1.82. The first-order chi connectivity index (χ1) is 10.3. The summed E-state index contributed by atoms with van der Waals surface area (Å²) < 4.78 is 12.8. The summed E-state index contributed by atoms with van der Waals surface area (Å²) in [4.78, 5) is 12.4. The van der Waals surface area contributed by atoms with Crippen molar-refractivity contribution in [1.29, 1.82) is 0 Å². The lowest BCUT2D eigenvalue weighted by molar-refractivity contribution is 0.102. The highest BCUT2D eigenvalue weighted by molar-refractivity contribution is 6.06. The first kappa shape index (κ1) is 13.5. The number of aromatic nitrogens is 2. The quantitative estimate of drug-likeness (QED) is 0.937. The molecule has 0 aliphatic carbocycles. The molecule has 6 nitrogen and oxygen atoms in total. The van der Waals surface area contributed by atoms with Crippen molar-refractivity contribution in [2.24, 2.45) is 0 Å². The maximum atomic E-state index is 12.4. The Hall–Kier alpha value is -2.50. The SMILES string of the molecule is CCOc1ccccc1NC(=O)c1cnn2c1OCCC2. The number of ether oxygens (including phenoxy) is 2. The summed E-state index contributed by atoms with van der Waals surface area (Å²) in [5, 5.41) is 7.03. The van der Waals surface area contributed by atoms with E-state index in [0.717, 1.165) is 13.0 Å². The minimum atomic E-state index is -0.245. The van der Waals surface area contributed by atoms with Crippen LogP contribution in [0.3, 0.4) is 0 Å². The third kappa shape index (κ3) is 2.69. The van der Waals surface area contributed by atoms with Gasteiger partial charge in [0.05, 0.1) is 25.1 Å². The van der Waals surface area contributed by atoms with Crippen LogP contribution in [0.1, 0.15) is 23.7 Å². The summed E-state index contributed by atoms with van der Waals surface area (Å²) >= 11 is 0. The zero-order chi connectivity index (χ0) is 14.7. The van der Waals surface area contributed by atoms with Gasteiger partial charge in [0, 0.05) is 13.0 Å². The molecule has 2 aromatic rings. The second kappa shape index (κ2) is 5.87. The smallest absolute Gasteiger partial charge is 0.262 e. The van der Waals surface area contributed by atoms with Gasteiger partial charge in [0.25, 0.3) is 5.91 Å². The second-order valence-electron chi connectivity index (χ2n) is 4.67. The molecule has 2 heterocycles. The Labute approximate surface area is 122 Å². The second-order valence-corrected chi connectivity index (χ2v) is 4.67. The van der Waals surface area contributed by atoms with Crippen molar-refractivity contribution in [2.45, 2.75) is 19.9 Å². The van der Waals surface area contributed by atoms with Crippen LogP contribution in [0, 0.1) is 0 Å². The third-order valence-corrected chi connectivity index (χ3v) is 3.22. The molecule has 0 spiro atoms. The number of amides is 1. The van der Waals surface area contributed by atoms with Gasteiger partial charge < -0.3 is 14.8 Å². The van der Waals surface area contributed by atoms with E-state index in [2.05, 4.69) is 10.4 Å². The maximum absolute atomic E-state index is 12.4.